The summed E-state index contributed by atoms with van der Waals surface area (Å²) in [5, 5.41) is 16.5. The number of phenolic OH excluding ortho intramolecular Hbond substituents is 1. The average Bonchev–Trinajstić information content (AvgIpc) is 3.11. The summed E-state index contributed by atoms with van der Waals surface area (Å²) in [6.45, 7) is 6.86. The van der Waals surface area contributed by atoms with Crippen LogP contribution in [-0.4, -0.2) is 68.9 Å². The van der Waals surface area contributed by atoms with Crippen LogP contribution in [0.2, 0.25) is 0 Å². The van der Waals surface area contributed by atoms with Crippen molar-refractivity contribution in [2.24, 2.45) is 0 Å². The highest BCUT2D eigenvalue weighted by Gasteiger charge is 2.28. The molecule has 2 heterocycles. The smallest absolute Gasteiger partial charge is 0.410 e. The van der Waals surface area contributed by atoms with Crippen molar-refractivity contribution < 1.29 is 23.8 Å². The molecule has 0 aliphatic carbocycles. The first-order chi connectivity index (χ1) is 13.1. The van der Waals surface area contributed by atoms with Crippen molar-refractivity contribution in [2.45, 2.75) is 26.4 Å². The molecule has 2 aromatic rings. The van der Waals surface area contributed by atoms with Crippen molar-refractivity contribution in [1.82, 2.24) is 20.0 Å². The monoisotopic (exact) mass is 390 g/mol. The minimum atomic E-state index is -0.571. The zero-order chi connectivity index (χ0) is 20.5. The molecule has 0 atom stereocenters. The standard InChI is InChI=1S/C19H23FN4O4/c1-19(2,3)28-18(27)24-8-6-23(7-9-24)17(26)15-11-14(21-22-15)13-10-12(20)4-5-16(13)25/h4-5,10-11,25H,6-9H2,1-3H3,(H,21,22). The van der Waals surface area contributed by atoms with Crippen LogP contribution in [0, 0.1) is 5.82 Å². The molecule has 3 rings (SSSR count). The number of rotatable bonds is 2. The van der Waals surface area contributed by atoms with Crippen LogP contribution in [0.1, 0.15) is 31.3 Å². The summed E-state index contributed by atoms with van der Waals surface area (Å²) >= 11 is 0. The third kappa shape index (κ3) is 4.41. The summed E-state index contributed by atoms with van der Waals surface area (Å²) in [5.74, 6) is -0.918. The number of nitrogens with one attached hydrogen (secondary N) is 1. The fourth-order valence-electron chi connectivity index (χ4n) is 2.87. The fraction of sp³-hybridized carbons (Fsp3) is 0.421. The van der Waals surface area contributed by atoms with Gasteiger partial charge in [-0.1, -0.05) is 0 Å². The minimum absolute atomic E-state index is 0.127. The van der Waals surface area contributed by atoms with E-state index in [4.69, 9.17) is 4.74 Å². The normalized spacial score (nSPS) is 14.9. The number of amides is 2. The highest BCUT2D eigenvalue weighted by atomic mass is 19.1. The van der Waals surface area contributed by atoms with Crippen LogP contribution in [0.4, 0.5) is 9.18 Å². The van der Waals surface area contributed by atoms with Crippen molar-refractivity contribution >= 4 is 12.0 Å². The maximum Gasteiger partial charge on any atom is 0.410 e. The van der Waals surface area contributed by atoms with Crippen molar-refractivity contribution in [3.8, 4) is 17.0 Å². The number of piperazine rings is 1. The predicted octanol–water partition coefficient (Wildman–Crippen LogP) is 2.61. The Morgan fingerprint density at radius 2 is 1.79 bits per heavy atom. The number of hydrogen-bond acceptors (Lipinski definition) is 5. The lowest BCUT2D eigenvalue weighted by atomic mass is 10.1. The van der Waals surface area contributed by atoms with Crippen LogP contribution in [0.5, 0.6) is 5.75 Å². The second-order valence-corrected chi connectivity index (χ2v) is 7.59. The van der Waals surface area contributed by atoms with Gasteiger partial charge in [0.2, 0.25) is 0 Å². The summed E-state index contributed by atoms with van der Waals surface area (Å²) in [4.78, 5) is 28.0. The van der Waals surface area contributed by atoms with E-state index in [1.165, 1.54) is 12.1 Å². The number of benzene rings is 1. The van der Waals surface area contributed by atoms with Crippen molar-refractivity contribution in [1.29, 1.82) is 0 Å². The van der Waals surface area contributed by atoms with Gasteiger partial charge in [0.05, 0.1) is 5.69 Å². The molecule has 1 aromatic carbocycles. The highest BCUT2D eigenvalue weighted by molar-refractivity contribution is 5.93. The molecular formula is C19H23FN4O4. The zero-order valence-corrected chi connectivity index (χ0v) is 16.0. The molecule has 0 unspecified atom stereocenters. The van der Waals surface area contributed by atoms with E-state index >= 15 is 0 Å². The van der Waals surface area contributed by atoms with Gasteiger partial charge in [-0.25, -0.2) is 9.18 Å². The Morgan fingerprint density at radius 1 is 1.14 bits per heavy atom. The van der Waals surface area contributed by atoms with Crippen molar-refractivity contribution in [3.05, 3.63) is 35.8 Å². The second kappa shape index (κ2) is 7.49. The van der Waals surface area contributed by atoms with Crippen LogP contribution in [0.3, 0.4) is 0 Å². The zero-order valence-electron chi connectivity index (χ0n) is 16.0. The van der Waals surface area contributed by atoms with E-state index in [0.717, 1.165) is 12.1 Å². The maximum atomic E-state index is 13.4. The number of halogens is 1. The first-order valence-corrected chi connectivity index (χ1v) is 8.95. The first-order valence-electron chi connectivity index (χ1n) is 8.95. The van der Waals surface area contributed by atoms with E-state index in [9.17, 15) is 19.1 Å². The van der Waals surface area contributed by atoms with Crippen LogP contribution in [-0.2, 0) is 4.74 Å². The number of carbonyl (C=O) groups is 2. The number of carbonyl (C=O) groups excluding carboxylic acids is 2. The Labute approximate surface area is 161 Å². The van der Waals surface area contributed by atoms with Gasteiger partial charge < -0.3 is 19.6 Å². The molecule has 9 heteroatoms. The first kappa shape index (κ1) is 19.7. The summed E-state index contributed by atoms with van der Waals surface area (Å²) in [7, 11) is 0. The lowest BCUT2D eigenvalue weighted by molar-refractivity contribution is 0.0140. The van der Waals surface area contributed by atoms with Gasteiger partial charge in [0, 0.05) is 31.7 Å². The van der Waals surface area contributed by atoms with Crippen molar-refractivity contribution in [3.63, 3.8) is 0 Å². The number of nitrogens with zero attached hydrogens (tertiary/aromatic N) is 3. The van der Waals surface area contributed by atoms with Crippen molar-refractivity contribution in [2.75, 3.05) is 26.2 Å². The quantitative estimate of drug-likeness (QED) is 0.821. The third-order valence-corrected chi connectivity index (χ3v) is 4.26. The maximum absolute atomic E-state index is 13.4. The number of aromatic hydroxyl groups is 1. The number of aromatic nitrogens is 2. The molecule has 28 heavy (non-hydrogen) atoms. The van der Waals surface area contributed by atoms with E-state index in [-0.39, 0.29) is 28.6 Å². The largest absolute Gasteiger partial charge is 0.507 e. The summed E-state index contributed by atoms with van der Waals surface area (Å²) in [6.07, 6.45) is -0.398. The number of phenols is 1. The van der Waals surface area contributed by atoms with E-state index < -0.39 is 17.5 Å². The van der Waals surface area contributed by atoms with E-state index in [0.29, 0.717) is 26.2 Å². The lowest BCUT2D eigenvalue weighted by Gasteiger charge is -2.35. The molecule has 1 aliphatic heterocycles. The molecular weight excluding hydrogens is 367 g/mol. The number of H-pyrrole nitrogens is 1. The predicted molar refractivity (Wildman–Crippen MR) is 99.4 cm³/mol. The summed E-state index contributed by atoms with van der Waals surface area (Å²) in [5.41, 5.74) is 0.126. The highest BCUT2D eigenvalue weighted by Crippen LogP contribution is 2.28. The fourth-order valence-corrected chi connectivity index (χ4v) is 2.87. The van der Waals surface area contributed by atoms with Crippen LogP contribution in [0.15, 0.2) is 24.3 Å². The topological polar surface area (TPSA) is 98.8 Å². The molecule has 2 N–H and O–H groups in total. The Hall–Kier alpha value is -3.10. The molecule has 0 saturated carbocycles. The van der Waals surface area contributed by atoms with Crippen LogP contribution >= 0.6 is 0 Å². The van der Waals surface area contributed by atoms with Gasteiger partial charge in [0.25, 0.3) is 5.91 Å². The van der Waals surface area contributed by atoms with Gasteiger partial charge in [0.1, 0.15) is 22.9 Å². The Kier molecular flexibility index (Phi) is 5.26. The summed E-state index contributed by atoms with van der Waals surface area (Å²) < 4.78 is 18.8. The van der Waals surface area contributed by atoms with E-state index in [1.54, 1.807) is 30.6 Å². The number of hydrogen-bond donors (Lipinski definition) is 2. The van der Waals surface area contributed by atoms with Gasteiger partial charge in [-0.2, -0.15) is 5.10 Å². The lowest BCUT2D eigenvalue weighted by Crippen LogP contribution is -2.51. The summed E-state index contributed by atoms with van der Waals surface area (Å²) in [6, 6.07) is 4.99. The van der Waals surface area contributed by atoms with E-state index in [1.807, 2.05) is 0 Å². The molecule has 0 spiro atoms. The van der Waals surface area contributed by atoms with Crippen LogP contribution < -0.4 is 0 Å². The third-order valence-electron chi connectivity index (χ3n) is 4.26. The van der Waals surface area contributed by atoms with Gasteiger partial charge >= 0.3 is 6.09 Å². The molecule has 8 nitrogen and oxygen atoms in total. The SMILES string of the molecule is CC(C)(C)OC(=O)N1CCN(C(=O)c2cc(-c3cc(F)ccc3O)n[nH]2)CC1. The molecule has 150 valence electrons. The van der Waals surface area contributed by atoms with Gasteiger partial charge in [-0.3, -0.25) is 9.89 Å². The molecule has 1 fully saturated rings. The molecule has 1 aromatic heterocycles. The Morgan fingerprint density at radius 3 is 2.43 bits per heavy atom. The molecule has 1 aliphatic rings. The minimum Gasteiger partial charge on any atom is -0.507 e. The molecule has 0 bridgehead atoms. The Bertz CT molecular complexity index is 882. The molecule has 1 saturated heterocycles. The average molecular weight is 390 g/mol. The Balaban J connectivity index is 1.64. The number of aromatic amines is 1. The molecule has 0 radical (unpaired) electrons. The number of ether oxygens (including phenoxy) is 1. The molecule has 2 amide bonds. The second-order valence-electron chi connectivity index (χ2n) is 7.59. The van der Waals surface area contributed by atoms with Gasteiger partial charge in [-0.05, 0) is 45.0 Å². The van der Waals surface area contributed by atoms with Gasteiger partial charge in [-0.15, -0.1) is 0 Å². The van der Waals surface area contributed by atoms with Gasteiger partial charge in [0.15, 0.2) is 0 Å². The van der Waals surface area contributed by atoms with Crippen LogP contribution in [0.25, 0.3) is 11.3 Å². The van der Waals surface area contributed by atoms with E-state index in [2.05, 4.69) is 10.2 Å².